The van der Waals surface area contributed by atoms with Crippen LogP contribution in [0.2, 0.25) is 0 Å². The summed E-state index contributed by atoms with van der Waals surface area (Å²) in [7, 11) is 0. The molecule has 0 aromatic heterocycles. The molecule has 3 nitrogen and oxygen atoms in total. The van der Waals surface area contributed by atoms with Crippen LogP contribution in [0.1, 0.15) is 0 Å². The Morgan fingerprint density at radius 1 is 1.31 bits per heavy atom. The van der Waals surface area contributed by atoms with Crippen molar-refractivity contribution in [3.8, 4) is 0 Å². The van der Waals surface area contributed by atoms with Crippen molar-refractivity contribution in [1.29, 1.82) is 0 Å². The van der Waals surface area contributed by atoms with Crippen LogP contribution in [0, 0.1) is 5.82 Å². The minimum Gasteiger partial charge on any atom is -0.394 e. The van der Waals surface area contributed by atoms with E-state index >= 15 is 0 Å². The maximum absolute atomic E-state index is 12.4. The van der Waals surface area contributed by atoms with Crippen molar-refractivity contribution in [2.45, 2.75) is 6.10 Å². The van der Waals surface area contributed by atoms with Gasteiger partial charge in [-0.15, -0.1) is 0 Å². The molecule has 0 heterocycles. The minimum absolute atomic E-state index is 0.252. The lowest BCUT2D eigenvalue weighted by Gasteiger charge is -2.09. The fourth-order valence-corrected chi connectivity index (χ4v) is 0.868. The minimum atomic E-state index is -0.787. The van der Waals surface area contributed by atoms with Crippen LogP contribution < -0.4 is 5.32 Å². The second-order valence-corrected chi connectivity index (χ2v) is 2.72. The predicted octanol–water partition coefficient (Wildman–Crippen LogP) is 0.591. The molecule has 3 N–H and O–H groups in total. The summed E-state index contributed by atoms with van der Waals surface area (Å²) in [4.78, 5) is 0. The van der Waals surface area contributed by atoms with Gasteiger partial charge in [-0.2, -0.15) is 0 Å². The molecule has 0 amide bonds. The first-order chi connectivity index (χ1) is 6.22. The first kappa shape index (κ1) is 9.95. The van der Waals surface area contributed by atoms with E-state index in [1.54, 1.807) is 12.1 Å². The first-order valence-corrected chi connectivity index (χ1v) is 4.00. The molecule has 0 fully saturated rings. The van der Waals surface area contributed by atoms with Crippen LogP contribution in [0.15, 0.2) is 24.3 Å². The van der Waals surface area contributed by atoms with E-state index in [0.29, 0.717) is 5.69 Å². The van der Waals surface area contributed by atoms with Crippen molar-refractivity contribution in [2.75, 3.05) is 18.5 Å². The fraction of sp³-hybridized carbons (Fsp3) is 0.333. The van der Waals surface area contributed by atoms with Gasteiger partial charge in [-0.3, -0.25) is 0 Å². The third kappa shape index (κ3) is 3.40. The zero-order chi connectivity index (χ0) is 9.68. The number of anilines is 1. The number of benzene rings is 1. The molecular weight excluding hydrogens is 173 g/mol. The highest BCUT2D eigenvalue weighted by atomic mass is 19.1. The molecular formula is C9H12FNO2. The summed E-state index contributed by atoms with van der Waals surface area (Å²) in [6.45, 7) is -0.0314. The molecule has 1 aromatic rings. The molecule has 13 heavy (non-hydrogen) atoms. The second kappa shape index (κ2) is 4.79. The molecule has 1 rings (SSSR count). The van der Waals surface area contributed by atoms with E-state index in [2.05, 4.69) is 5.32 Å². The molecule has 1 aromatic carbocycles. The smallest absolute Gasteiger partial charge is 0.123 e. The third-order valence-corrected chi connectivity index (χ3v) is 1.60. The molecule has 1 atom stereocenters. The molecule has 0 unspecified atom stereocenters. The van der Waals surface area contributed by atoms with Gasteiger partial charge in [0.25, 0.3) is 0 Å². The van der Waals surface area contributed by atoms with Crippen LogP contribution in [-0.2, 0) is 0 Å². The summed E-state index contributed by atoms with van der Waals surface area (Å²) in [6.07, 6.45) is -0.787. The van der Waals surface area contributed by atoms with Gasteiger partial charge in [-0.25, -0.2) is 4.39 Å². The molecule has 0 saturated carbocycles. The molecule has 0 aliphatic heterocycles. The summed E-state index contributed by atoms with van der Waals surface area (Å²) in [5.74, 6) is -0.298. The Morgan fingerprint density at radius 2 is 1.92 bits per heavy atom. The van der Waals surface area contributed by atoms with Crippen LogP contribution in [0.25, 0.3) is 0 Å². The Hall–Kier alpha value is -1.13. The van der Waals surface area contributed by atoms with E-state index in [4.69, 9.17) is 10.2 Å². The normalized spacial score (nSPS) is 12.5. The number of aliphatic hydroxyl groups excluding tert-OH is 2. The second-order valence-electron chi connectivity index (χ2n) is 2.72. The van der Waals surface area contributed by atoms with E-state index in [1.165, 1.54) is 12.1 Å². The van der Waals surface area contributed by atoms with Crippen molar-refractivity contribution in [3.63, 3.8) is 0 Å². The quantitative estimate of drug-likeness (QED) is 0.643. The fourth-order valence-electron chi connectivity index (χ4n) is 0.868. The van der Waals surface area contributed by atoms with Gasteiger partial charge in [0, 0.05) is 12.2 Å². The van der Waals surface area contributed by atoms with E-state index in [1.807, 2.05) is 0 Å². The maximum atomic E-state index is 12.4. The largest absolute Gasteiger partial charge is 0.394 e. The van der Waals surface area contributed by atoms with Crippen LogP contribution >= 0.6 is 0 Å². The molecule has 0 bridgehead atoms. The van der Waals surface area contributed by atoms with E-state index in [9.17, 15) is 4.39 Å². The van der Waals surface area contributed by atoms with Crippen LogP contribution in [0.3, 0.4) is 0 Å². The SMILES string of the molecule is OC[C@H](O)CNc1ccc(F)cc1. The van der Waals surface area contributed by atoms with E-state index < -0.39 is 6.10 Å². The van der Waals surface area contributed by atoms with Gasteiger partial charge in [0.1, 0.15) is 5.82 Å². The lowest BCUT2D eigenvalue weighted by molar-refractivity contribution is 0.105. The first-order valence-electron chi connectivity index (χ1n) is 4.00. The van der Waals surface area contributed by atoms with Gasteiger partial charge in [-0.05, 0) is 24.3 Å². The Morgan fingerprint density at radius 3 is 2.46 bits per heavy atom. The molecule has 72 valence electrons. The van der Waals surface area contributed by atoms with Crippen LogP contribution in [0.4, 0.5) is 10.1 Å². The predicted molar refractivity (Wildman–Crippen MR) is 48.0 cm³/mol. The van der Waals surface area contributed by atoms with Gasteiger partial charge in [0.2, 0.25) is 0 Å². The number of nitrogens with one attached hydrogen (secondary N) is 1. The topological polar surface area (TPSA) is 52.5 Å². The average molecular weight is 185 g/mol. The van der Waals surface area contributed by atoms with Crippen molar-refractivity contribution in [2.24, 2.45) is 0 Å². The summed E-state index contributed by atoms with van der Waals surface area (Å²) >= 11 is 0. The number of halogens is 1. The number of rotatable bonds is 4. The maximum Gasteiger partial charge on any atom is 0.123 e. The average Bonchev–Trinajstić information content (AvgIpc) is 2.16. The number of hydrogen-bond donors (Lipinski definition) is 3. The summed E-state index contributed by atoms with van der Waals surface area (Å²) in [5, 5.41) is 20.3. The van der Waals surface area contributed by atoms with Gasteiger partial charge < -0.3 is 15.5 Å². The molecule has 0 aliphatic carbocycles. The van der Waals surface area contributed by atoms with Crippen molar-refractivity contribution >= 4 is 5.69 Å². The molecule has 0 radical (unpaired) electrons. The van der Waals surface area contributed by atoms with Crippen molar-refractivity contribution in [1.82, 2.24) is 0 Å². The van der Waals surface area contributed by atoms with Gasteiger partial charge in [-0.1, -0.05) is 0 Å². The zero-order valence-electron chi connectivity index (χ0n) is 7.07. The highest BCUT2D eigenvalue weighted by Crippen LogP contribution is 2.07. The standard InChI is InChI=1S/C9H12FNO2/c10-7-1-3-8(4-2-7)11-5-9(13)6-12/h1-4,9,11-13H,5-6H2/t9-/m1/s1. The Labute approximate surface area is 75.8 Å². The van der Waals surface area contributed by atoms with Crippen LogP contribution in [0.5, 0.6) is 0 Å². The van der Waals surface area contributed by atoms with E-state index in [-0.39, 0.29) is 19.0 Å². The van der Waals surface area contributed by atoms with Gasteiger partial charge >= 0.3 is 0 Å². The summed E-state index contributed by atoms with van der Waals surface area (Å²) < 4.78 is 12.4. The highest BCUT2D eigenvalue weighted by molar-refractivity contribution is 5.42. The zero-order valence-corrected chi connectivity index (χ0v) is 7.07. The Bertz CT molecular complexity index is 250. The van der Waals surface area contributed by atoms with Crippen molar-refractivity contribution in [3.05, 3.63) is 30.1 Å². The summed E-state index contributed by atoms with van der Waals surface area (Å²) in [5.41, 5.74) is 0.717. The third-order valence-electron chi connectivity index (χ3n) is 1.60. The lowest BCUT2D eigenvalue weighted by atomic mass is 10.3. The Kier molecular flexibility index (Phi) is 3.67. The Balaban J connectivity index is 2.41. The number of hydrogen-bond acceptors (Lipinski definition) is 3. The molecule has 4 heteroatoms. The monoisotopic (exact) mass is 185 g/mol. The van der Waals surface area contributed by atoms with Crippen molar-refractivity contribution < 1.29 is 14.6 Å². The van der Waals surface area contributed by atoms with E-state index in [0.717, 1.165) is 0 Å². The summed E-state index contributed by atoms with van der Waals surface area (Å²) in [6, 6.07) is 5.79. The number of aliphatic hydroxyl groups is 2. The van der Waals surface area contributed by atoms with Gasteiger partial charge in [0.15, 0.2) is 0 Å². The molecule has 0 aliphatic rings. The lowest BCUT2D eigenvalue weighted by Crippen LogP contribution is -2.22. The highest BCUT2D eigenvalue weighted by Gasteiger charge is 2.00. The van der Waals surface area contributed by atoms with Crippen LogP contribution in [-0.4, -0.2) is 29.5 Å². The van der Waals surface area contributed by atoms with Gasteiger partial charge in [0.05, 0.1) is 12.7 Å². The molecule has 0 saturated heterocycles. The molecule has 0 spiro atoms.